The van der Waals surface area contributed by atoms with Gasteiger partial charge in [-0.15, -0.1) is 0 Å². The highest BCUT2D eigenvalue weighted by atomic mass is 35.5. The number of pyridine rings is 1. The van der Waals surface area contributed by atoms with Crippen molar-refractivity contribution in [2.45, 2.75) is 32.2 Å². The van der Waals surface area contributed by atoms with Crippen LogP contribution in [0.3, 0.4) is 0 Å². The van der Waals surface area contributed by atoms with Gasteiger partial charge < -0.3 is 10.2 Å². The Morgan fingerprint density at radius 1 is 1.50 bits per heavy atom. The van der Waals surface area contributed by atoms with Gasteiger partial charge in [-0.1, -0.05) is 30.1 Å². The number of hydrogen-bond acceptors (Lipinski definition) is 3. The molecule has 0 aliphatic carbocycles. The van der Waals surface area contributed by atoms with Crippen molar-refractivity contribution in [3.05, 3.63) is 22.3 Å². The molecule has 1 aromatic heterocycles. The van der Waals surface area contributed by atoms with Crippen molar-refractivity contribution in [3.8, 4) is 0 Å². The first-order chi connectivity index (χ1) is 8.72. The predicted molar refractivity (Wildman–Crippen MR) is 77.8 cm³/mol. The van der Waals surface area contributed by atoms with Crippen LogP contribution in [0.2, 0.25) is 10.0 Å². The van der Waals surface area contributed by atoms with Gasteiger partial charge in [-0.3, -0.25) is 0 Å². The third kappa shape index (κ3) is 3.28. The topological polar surface area (TPSA) is 28.2 Å². The summed E-state index contributed by atoms with van der Waals surface area (Å²) in [6, 6.07) is 2.24. The second kappa shape index (κ2) is 6.60. The molecular weight excluding hydrogens is 269 g/mol. The van der Waals surface area contributed by atoms with Gasteiger partial charge in [-0.25, -0.2) is 4.98 Å². The lowest BCUT2D eigenvalue weighted by Crippen LogP contribution is -2.47. The Hall–Kier alpha value is -0.510. The molecule has 1 unspecified atom stereocenters. The lowest BCUT2D eigenvalue weighted by Gasteiger charge is -2.35. The van der Waals surface area contributed by atoms with Crippen molar-refractivity contribution in [3.63, 3.8) is 0 Å². The van der Waals surface area contributed by atoms with E-state index in [1.54, 1.807) is 12.3 Å². The molecule has 0 saturated carbocycles. The van der Waals surface area contributed by atoms with Crippen LogP contribution in [-0.2, 0) is 0 Å². The van der Waals surface area contributed by atoms with Crippen molar-refractivity contribution in [2.24, 2.45) is 0 Å². The molecule has 0 amide bonds. The third-order valence-electron chi connectivity index (χ3n) is 3.24. The van der Waals surface area contributed by atoms with E-state index in [1.165, 1.54) is 12.8 Å². The van der Waals surface area contributed by atoms with E-state index in [9.17, 15) is 0 Å². The highest BCUT2D eigenvalue weighted by molar-refractivity contribution is 6.36. The van der Waals surface area contributed by atoms with Crippen LogP contribution in [0.1, 0.15) is 26.2 Å². The van der Waals surface area contributed by atoms with Gasteiger partial charge in [0.25, 0.3) is 0 Å². The van der Waals surface area contributed by atoms with Crippen LogP contribution in [0.4, 0.5) is 5.82 Å². The standard InChI is InChI=1S/C13H19Cl2N3/c1-2-6-18(11-4-3-5-16-9-11)13-12(15)7-10(14)8-17-13/h7-8,11,16H,2-6,9H2,1H3. The summed E-state index contributed by atoms with van der Waals surface area (Å²) in [5.74, 6) is 0.858. The van der Waals surface area contributed by atoms with Gasteiger partial charge in [0.2, 0.25) is 0 Å². The summed E-state index contributed by atoms with van der Waals surface area (Å²) >= 11 is 12.2. The van der Waals surface area contributed by atoms with Crippen LogP contribution in [0.25, 0.3) is 0 Å². The molecule has 1 saturated heterocycles. The van der Waals surface area contributed by atoms with Crippen LogP contribution in [-0.4, -0.2) is 30.7 Å². The van der Waals surface area contributed by atoms with Gasteiger partial charge in [-0.2, -0.15) is 0 Å². The quantitative estimate of drug-likeness (QED) is 0.921. The summed E-state index contributed by atoms with van der Waals surface area (Å²) < 4.78 is 0. The molecule has 0 spiro atoms. The molecule has 1 aliphatic rings. The summed E-state index contributed by atoms with van der Waals surface area (Å²) in [6.45, 7) is 5.26. The molecule has 2 heterocycles. The molecule has 1 atom stereocenters. The number of nitrogens with zero attached hydrogens (tertiary/aromatic N) is 2. The Balaban J connectivity index is 2.22. The fraction of sp³-hybridized carbons (Fsp3) is 0.615. The average molecular weight is 288 g/mol. The van der Waals surface area contributed by atoms with Gasteiger partial charge in [0.15, 0.2) is 0 Å². The van der Waals surface area contributed by atoms with E-state index in [1.807, 2.05) is 0 Å². The molecule has 0 bridgehead atoms. The van der Waals surface area contributed by atoms with Gasteiger partial charge in [0.05, 0.1) is 10.0 Å². The van der Waals surface area contributed by atoms with Crippen LogP contribution in [0.5, 0.6) is 0 Å². The van der Waals surface area contributed by atoms with Gasteiger partial charge in [-0.05, 0) is 31.9 Å². The largest absolute Gasteiger partial charge is 0.351 e. The highest BCUT2D eigenvalue weighted by Gasteiger charge is 2.23. The number of anilines is 1. The maximum atomic E-state index is 6.27. The monoisotopic (exact) mass is 287 g/mol. The van der Waals surface area contributed by atoms with Crippen molar-refractivity contribution in [1.29, 1.82) is 0 Å². The van der Waals surface area contributed by atoms with Crippen molar-refractivity contribution in [2.75, 3.05) is 24.5 Å². The minimum absolute atomic E-state index is 0.477. The normalized spacial score (nSPS) is 19.8. The average Bonchev–Trinajstić information content (AvgIpc) is 2.38. The second-order valence-electron chi connectivity index (χ2n) is 4.65. The number of halogens is 2. The molecule has 2 rings (SSSR count). The molecule has 5 heteroatoms. The molecule has 0 aromatic carbocycles. The SMILES string of the molecule is CCCN(c1ncc(Cl)cc1Cl)C1CCCNC1. The lowest BCUT2D eigenvalue weighted by molar-refractivity contribution is 0.429. The maximum Gasteiger partial charge on any atom is 0.147 e. The molecule has 1 fully saturated rings. The van der Waals surface area contributed by atoms with E-state index < -0.39 is 0 Å². The fourth-order valence-electron chi connectivity index (χ4n) is 2.42. The Morgan fingerprint density at radius 2 is 2.33 bits per heavy atom. The Kier molecular flexibility index (Phi) is 5.10. The molecule has 100 valence electrons. The van der Waals surface area contributed by atoms with Gasteiger partial charge >= 0.3 is 0 Å². The first-order valence-corrected chi connectivity index (χ1v) is 7.26. The summed E-state index contributed by atoms with van der Waals surface area (Å²) in [5.41, 5.74) is 0. The smallest absolute Gasteiger partial charge is 0.147 e. The summed E-state index contributed by atoms with van der Waals surface area (Å²) in [7, 11) is 0. The van der Waals surface area contributed by atoms with Crippen molar-refractivity contribution < 1.29 is 0 Å². The Labute approximate surface area is 118 Å². The molecule has 0 radical (unpaired) electrons. The van der Waals surface area contributed by atoms with E-state index in [2.05, 4.69) is 22.1 Å². The molecular formula is C13H19Cl2N3. The number of rotatable bonds is 4. The molecule has 1 N–H and O–H groups in total. The Morgan fingerprint density at radius 3 is 2.94 bits per heavy atom. The summed E-state index contributed by atoms with van der Waals surface area (Å²) in [4.78, 5) is 6.72. The maximum absolute atomic E-state index is 6.27. The summed E-state index contributed by atoms with van der Waals surface area (Å²) in [5, 5.41) is 4.66. The van der Waals surface area contributed by atoms with Crippen LogP contribution >= 0.6 is 23.2 Å². The predicted octanol–water partition coefficient (Wildman–Crippen LogP) is 3.36. The first kappa shape index (κ1) is 13.9. The van der Waals surface area contributed by atoms with Crippen LogP contribution < -0.4 is 10.2 Å². The minimum atomic E-state index is 0.477. The van der Waals surface area contributed by atoms with Crippen molar-refractivity contribution >= 4 is 29.0 Å². The molecule has 3 nitrogen and oxygen atoms in total. The number of piperidine rings is 1. The van der Waals surface area contributed by atoms with E-state index >= 15 is 0 Å². The van der Waals surface area contributed by atoms with Gasteiger partial charge in [0.1, 0.15) is 5.82 Å². The van der Waals surface area contributed by atoms with Crippen LogP contribution in [0, 0.1) is 0 Å². The third-order valence-corrected chi connectivity index (χ3v) is 3.72. The van der Waals surface area contributed by atoms with Crippen LogP contribution in [0.15, 0.2) is 12.3 Å². The molecule has 18 heavy (non-hydrogen) atoms. The zero-order valence-corrected chi connectivity index (χ0v) is 12.1. The zero-order chi connectivity index (χ0) is 13.0. The van der Waals surface area contributed by atoms with E-state index in [-0.39, 0.29) is 0 Å². The van der Waals surface area contributed by atoms with E-state index in [4.69, 9.17) is 23.2 Å². The minimum Gasteiger partial charge on any atom is -0.351 e. The van der Waals surface area contributed by atoms with Crippen molar-refractivity contribution in [1.82, 2.24) is 10.3 Å². The van der Waals surface area contributed by atoms with E-state index in [0.29, 0.717) is 16.1 Å². The zero-order valence-electron chi connectivity index (χ0n) is 10.6. The number of aromatic nitrogens is 1. The number of nitrogens with one attached hydrogen (secondary N) is 1. The first-order valence-electron chi connectivity index (χ1n) is 6.50. The lowest BCUT2D eigenvalue weighted by atomic mass is 10.1. The van der Waals surface area contributed by atoms with Gasteiger partial charge in [0, 0.05) is 25.3 Å². The highest BCUT2D eigenvalue weighted by Crippen LogP contribution is 2.28. The second-order valence-corrected chi connectivity index (χ2v) is 5.50. The van der Waals surface area contributed by atoms with E-state index in [0.717, 1.165) is 31.9 Å². The molecule has 1 aromatic rings. The number of hydrogen-bond donors (Lipinski definition) is 1. The Bertz CT molecular complexity index is 392. The molecule has 1 aliphatic heterocycles. The fourth-order valence-corrected chi connectivity index (χ4v) is 2.91. The summed E-state index contributed by atoms with van der Waals surface area (Å²) in [6.07, 6.45) is 5.14.